The molecule has 0 amide bonds. The van der Waals surface area contributed by atoms with E-state index in [9.17, 15) is 4.79 Å². The molecule has 1 heterocycles. The third kappa shape index (κ3) is 5.51. The highest BCUT2D eigenvalue weighted by atomic mass is 16.5. The molecular weight excluding hydrogens is 196 g/mol. The van der Waals surface area contributed by atoms with E-state index in [0.717, 1.165) is 32.3 Å². The van der Waals surface area contributed by atoms with E-state index < -0.39 is 5.97 Å². The Morgan fingerprint density at radius 1 is 1.73 bits per heavy atom. The van der Waals surface area contributed by atoms with Crippen molar-refractivity contribution >= 4 is 5.97 Å². The molecule has 0 aromatic rings. The Morgan fingerprint density at radius 2 is 2.53 bits per heavy atom. The van der Waals surface area contributed by atoms with E-state index >= 15 is 0 Å². The zero-order valence-electron chi connectivity index (χ0n) is 8.98. The zero-order chi connectivity index (χ0) is 11.1. The van der Waals surface area contributed by atoms with Gasteiger partial charge in [0.15, 0.2) is 0 Å². The van der Waals surface area contributed by atoms with E-state index in [1.807, 2.05) is 0 Å². The monoisotopic (exact) mass is 214 g/mol. The van der Waals surface area contributed by atoms with Gasteiger partial charge in [0.2, 0.25) is 0 Å². The minimum absolute atomic E-state index is 0.210. The lowest BCUT2D eigenvalue weighted by atomic mass is 10.3. The molecule has 1 rings (SSSR count). The van der Waals surface area contributed by atoms with Crippen molar-refractivity contribution in [3.8, 4) is 0 Å². The number of hydrogen-bond acceptors (Lipinski definition) is 4. The molecule has 0 saturated carbocycles. The highest BCUT2D eigenvalue weighted by Crippen LogP contribution is 2.01. The van der Waals surface area contributed by atoms with Gasteiger partial charge in [-0.05, 0) is 7.05 Å². The topological polar surface area (TPSA) is 61.8 Å². The third-order valence-electron chi connectivity index (χ3n) is 2.24. The van der Waals surface area contributed by atoms with Gasteiger partial charge in [0, 0.05) is 32.3 Å². The predicted octanol–water partition coefficient (Wildman–Crippen LogP) is -0.453. The normalized spacial score (nSPS) is 23.4. The molecule has 86 valence electrons. The maximum Gasteiger partial charge on any atom is 0.328 e. The molecule has 0 aliphatic carbocycles. The minimum Gasteiger partial charge on any atom is -0.478 e. The third-order valence-corrected chi connectivity index (χ3v) is 2.24. The SMILES string of the molecule is CN1CCOC(CNC/C=C/C(=O)O)C1. The van der Waals surface area contributed by atoms with Gasteiger partial charge in [-0.15, -0.1) is 0 Å². The van der Waals surface area contributed by atoms with Gasteiger partial charge in [-0.2, -0.15) is 0 Å². The van der Waals surface area contributed by atoms with E-state index in [1.165, 1.54) is 0 Å². The summed E-state index contributed by atoms with van der Waals surface area (Å²) >= 11 is 0. The summed E-state index contributed by atoms with van der Waals surface area (Å²) in [6, 6.07) is 0. The van der Waals surface area contributed by atoms with Gasteiger partial charge >= 0.3 is 5.97 Å². The van der Waals surface area contributed by atoms with Crippen LogP contribution >= 0.6 is 0 Å². The summed E-state index contributed by atoms with van der Waals surface area (Å²) in [5.41, 5.74) is 0. The van der Waals surface area contributed by atoms with Crippen molar-refractivity contribution in [1.29, 1.82) is 0 Å². The Labute approximate surface area is 89.7 Å². The number of nitrogens with one attached hydrogen (secondary N) is 1. The van der Waals surface area contributed by atoms with Crippen LogP contribution < -0.4 is 5.32 Å². The number of hydrogen-bond donors (Lipinski definition) is 2. The standard InChI is InChI=1S/C10H18N2O3/c1-12-5-6-15-9(8-12)7-11-4-2-3-10(13)14/h2-3,9,11H,4-8H2,1H3,(H,13,14)/b3-2+. The summed E-state index contributed by atoms with van der Waals surface area (Å²) in [5.74, 6) is -0.912. The molecule has 1 aliphatic heterocycles. The number of ether oxygens (including phenoxy) is 1. The van der Waals surface area contributed by atoms with Crippen molar-refractivity contribution in [2.45, 2.75) is 6.10 Å². The smallest absolute Gasteiger partial charge is 0.328 e. The van der Waals surface area contributed by atoms with E-state index in [-0.39, 0.29) is 6.10 Å². The second-order valence-electron chi connectivity index (χ2n) is 3.65. The Kier molecular flexibility index (Phi) is 5.31. The molecule has 1 saturated heterocycles. The summed E-state index contributed by atoms with van der Waals surface area (Å²) < 4.78 is 5.53. The first-order chi connectivity index (χ1) is 7.18. The van der Waals surface area contributed by atoms with Crippen molar-refractivity contribution in [1.82, 2.24) is 10.2 Å². The van der Waals surface area contributed by atoms with Crippen molar-refractivity contribution in [3.05, 3.63) is 12.2 Å². The first-order valence-electron chi connectivity index (χ1n) is 5.09. The molecule has 1 aliphatic rings. The number of carboxylic acids is 1. The van der Waals surface area contributed by atoms with Gasteiger partial charge in [0.05, 0.1) is 12.7 Å². The summed E-state index contributed by atoms with van der Waals surface area (Å²) in [4.78, 5) is 12.4. The quantitative estimate of drug-likeness (QED) is 0.479. The Hall–Kier alpha value is -0.910. The van der Waals surface area contributed by atoms with Crippen LogP contribution in [-0.2, 0) is 9.53 Å². The number of likely N-dealkylation sites (N-methyl/N-ethyl adjacent to an activating group) is 1. The molecule has 2 N–H and O–H groups in total. The predicted molar refractivity (Wildman–Crippen MR) is 56.9 cm³/mol. The Balaban J connectivity index is 2.06. The molecule has 1 fully saturated rings. The van der Waals surface area contributed by atoms with Crippen molar-refractivity contribution in [2.24, 2.45) is 0 Å². The van der Waals surface area contributed by atoms with Gasteiger partial charge in [0.1, 0.15) is 0 Å². The van der Waals surface area contributed by atoms with Crippen LogP contribution in [0, 0.1) is 0 Å². The van der Waals surface area contributed by atoms with Crippen LogP contribution in [0.1, 0.15) is 0 Å². The number of rotatable bonds is 5. The Morgan fingerprint density at radius 3 is 3.20 bits per heavy atom. The lowest BCUT2D eigenvalue weighted by Crippen LogP contribution is -2.44. The molecule has 0 bridgehead atoms. The first-order valence-corrected chi connectivity index (χ1v) is 5.09. The molecule has 5 nitrogen and oxygen atoms in total. The van der Waals surface area contributed by atoms with Crippen LogP contribution in [0.3, 0.4) is 0 Å². The average molecular weight is 214 g/mol. The number of morpholine rings is 1. The molecule has 1 unspecified atom stereocenters. The van der Waals surface area contributed by atoms with E-state index in [4.69, 9.17) is 9.84 Å². The van der Waals surface area contributed by atoms with Crippen LogP contribution in [0.4, 0.5) is 0 Å². The van der Waals surface area contributed by atoms with Crippen molar-refractivity contribution in [3.63, 3.8) is 0 Å². The first kappa shape index (κ1) is 12.2. The van der Waals surface area contributed by atoms with Crippen molar-refractivity contribution < 1.29 is 14.6 Å². The second kappa shape index (κ2) is 6.55. The molecule has 0 radical (unpaired) electrons. The molecule has 0 spiro atoms. The second-order valence-corrected chi connectivity index (χ2v) is 3.65. The fraction of sp³-hybridized carbons (Fsp3) is 0.700. The van der Waals surface area contributed by atoms with Crippen molar-refractivity contribution in [2.75, 3.05) is 39.8 Å². The number of carboxylic acid groups (broad SMARTS) is 1. The summed E-state index contributed by atoms with van der Waals surface area (Å²) in [6.07, 6.45) is 2.94. The number of carbonyl (C=O) groups is 1. The van der Waals surface area contributed by atoms with Gasteiger partial charge in [-0.25, -0.2) is 4.79 Å². The van der Waals surface area contributed by atoms with Crippen LogP contribution in [0.5, 0.6) is 0 Å². The maximum atomic E-state index is 10.2. The lowest BCUT2D eigenvalue weighted by Gasteiger charge is -2.30. The fourth-order valence-corrected chi connectivity index (χ4v) is 1.48. The Bertz CT molecular complexity index is 231. The lowest BCUT2D eigenvalue weighted by molar-refractivity contribution is -0.131. The van der Waals surface area contributed by atoms with Gasteiger partial charge in [-0.3, -0.25) is 0 Å². The van der Waals surface area contributed by atoms with E-state index in [1.54, 1.807) is 6.08 Å². The maximum absolute atomic E-state index is 10.2. The summed E-state index contributed by atoms with van der Waals surface area (Å²) in [7, 11) is 2.07. The molecule has 5 heteroatoms. The fourth-order valence-electron chi connectivity index (χ4n) is 1.48. The number of aliphatic carboxylic acids is 1. The molecule has 1 atom stereocenters. The van der Waals surface area contributed by atoms with Crippen LogP contribution in [0.15, 0.2) is 12.2 Å². The number of nitrogens with zero attached hydrogens (tertiary/aromatic N) is 1. The molecule has 15 heavy (non-hydrogen) atoms. The van der Waals surface area contributed by atoms with Crippen LogP contribution in [0.25, 0.3) is 0 Å². The van der Waals surface area contributed by atoms with Crippen LogP contribution in [-0.4, -0.2) is 61.9 Å². The average Bonchev–Trinajstić information content (AvgIpc) is 2.17. The zero-order valence-corrected chi connectivity index (χ0v) is 8.98. The molecular formula is C10H18N2O3. The molecule has 0 aromatic carbocycles. The van der Waals surface area contributed by atoms with Gasteiger partial charge in [0.25, 0.3) is 0 Å². The highest BCUT2D eigenvalue weighted by molar-refractivity contribution is 5.79. The summed E-state index contributed by atoms with van der Waals surface area (Å²) in [6.45, 7) is 4.00. The minimum atomic E-state index is -0.912. The van der Waals surface area contributed by atoms with E-state index in [2.05, 4.69) is 17.3 Å². The molecule has 0 aromatic heterocycles. The van der Waals surface area contributed by atoms with Gasteiger partial charge < -0.3 is 20.1 Å². The van der Waals surface area contributed by atoms with Crippen LogP contribution in [0.2, 0.25) is 0 Å². The van der Waals surface area contributed by atoms with Gasteiger partial charge in [-0.1, -0.05) is 6.08 Å². The highest BCUT2D eigenvalue weighted by Gasteiger charge is 2.16. The largest absolute Gasteiger partial charge is 0.478 e. The van der Waals surface area contributed by atoms with E-state index in [0.29, 0.717) is 6.54 Å². The summed E-state index contributed by atoms with van der Waals surface area (Å²) in [5, 5.41) is 11.5.